The molecule has 0 aliphatic heterocycles. The monoisotopic (exact) mass is 465 g/mol. The van der Waals surface area contributed by atoms with Crippen LogP contribution in [-0.2, 0) is 14.3 Å². The van der Waals surface area contributed by atoms with Gasteiger partial charge < -0.3 is 15.4 Å². The van der Waals surface area contributed by atoms with Crippen molar-refractivity contribution < 1.29 is 19.2 Å². The summed E-state index contributed by atoms with van der Waals surface area (Å²) in [7, 11) is 0. The zero-order valence-electron chi connectivity index (χ0n) is 17.0. The molecule has 1 aliphatic carbocycles. The first kappa shape index (κ1) is 22.9. The summed E-state index contributed by atoms with van der Waals surface area (Å²) in [5.41, 5.74) is 0.531. The Bertz CT molecular complexity index is 946. The fourth-order valence-electron chi connectivity index (χ4n) is 3.14. The Morgan fingerprint density at radius 1 is 1.29 bits per heavy atom. The molecular formula is C19H23N5O5S2. The third-order valence-corrected chi connectivity index (χ3v) is 6.60. The van der Waals surface area contributed by atoms with Gasteiger partial charge in [0.15, 0.2) is 10.9 Å². The highest BCUT2D eigenvalue weighted by atomic mass is 32.2. The zero-order valence-corrected chi connectivity index (χ0v) is 18.6. The van der Waals surface area contributed by atoms with Gasteiger partial charge in [0.05, 0.1) is 10.7 Å². The van der Waals surface area contributed by atoms with Crippen molar-refractivity contribution in [3.63, 3.8) is 0 Å². The van der Waals surface area contributed by atoms with E-state index in [9.17, 15) is 19.7 Å². The Morgan fingerprint density at radius 2 is 2.06 bits per heavy atom. The summed E-state index contributed by atoms with van der Waals surface area (Å²) in [6, 6.07) is 4.87. The topological polar surface area (TPSA) is 136 Å². The molecule has 3 rings (SSSR count). The maximum Gasteiger partial charge on any atom is 0.316 e. The van der Waals surface area contributed by atoms with Crippen molar-refractivity contribution in [1.29, 1.82) is 0 Å². The van der Waals surface area contributed by atoms with Crippen LogP contribution in [0.5, 0.6) is 0 Å². The van der Waals surface area contributed by atoms with E-state index in [1.54, 1.807) is 13.0 Å². The van der Waals surface area contributed by atoms with Crippen LogP contribution in [0.1, 0.15) is 37.7 Å². The van der Waals surface area contributed by atoms with E-state index in [0.717, 1.165) is 18.0 Å². The number of amides is 1. The molecule has 2 N–H and O–H groups in total. The maximum absolute atomic E-state index is 12.0. The van der Waals surface area contributed by atoms with Gasteiger partial charge in [-0.3, -0.25) is 19.7 Å². The van der Waals surface area contributed by atoms with Crippen molar-refractivity contribution in [2.24, 2.45) is 0 Å². The molecule has 0 spiro atoms. The van der Waals surface area contributed by atoms with Gasteiger partial charge in [-0.2, -0.15) is 0 Å². The molecule has 2 aromatic rings. The SMILES string of the molecule is Cc1ccc(NC(=O)COC(=O)CSc2nnc(NC3CCCCC3)s2)c([N+](=O)[O-])c1. The van der Waals surface area contributed by atoms with E-state index in [2.05, 4.69) is 20.8 Å². The quantitative estimate of drug-likeness (QED) is 0.245. The predicted molar refractivity (Wildman–Crippen MR) is 119 cm³/mol. The zero-order chi connectivity index (χ0) is 22.2. The Kier molecular flexibility index (Phi) is 8.18. The lowest BCUT2D eigenvalue weighted by molar-refractivity contribution is -0.384. The number of anilines is 2. The predicted octanol–water partition coefficient (Wildman–Crippen LogP) is 3.77. The number of aryl methyl sites for hydroxylation is 1. The molecule has 166 valence electrons. The first-order valence-electron chi connectivity index (χ1n) is 9.84. The van der Waals surface area contributed by atoms with Crippen molar-refractivity contribution >= 4 is 51.5 Å². The second-order valence-corrected chi connectivity index (χ2v) is 9.33. The third kappa shape index (κ3) is 7.17. The summed E-state index contributed by atoms with van der Waals surface area (Å²) in [6.45, 7) is 1.18. The Hall–Kier alpha value is -2.73. The number of rotatable bonds is 9. The Balaban J connectivity index is 1.40. The normalized spacial score (nSPS) is 14.1. The average molecular weight is 466 g/mol. The molecule has 1 saturated carbocycles. The molecule has 1 aromatic carbocycles. The number of hydrogen-bond donors (Lipinski definition) is 2. The van der Waals surface area contributed by atoms with E-state index in [4.69, 9.17) is 4.74 Å². The number of carbonyl (C=O) groups excluding carboxylic acids is 2. The minimum absolute atomic E-state index is 0.0178. The number of benzene rings is 1. The molecule has 0 atom stereocenters. The van der Waals surface area contributed by atoms with E-state index in [1.807, 2.05) is 0 Å². The number of ether oxygens (including phenoxy) is 1. The minimum atomic E-state index is -0.653. The molecule has 0 saturated heterocycles. The third-order valence-electron chi connectivity index (χ3n) is 4.64. The average Bonchev–Trinajstić information content (AvgIpc) is 3.20. The molecule has 1 fully saturated rings. The van der Waals surface area contributed by atoms with Gasteiger partial charge in [-0.1, -0.05) is 48.4 Å². The van der Waals surface area contributed by atoms with Crippen LogP contribution in [0.3, 0.4) is 0 Å². The van der Waals surface area contributed by atoms with Gasteiger partial charge in [0, 0.05) is 12.1 Å². The summed E-state index contributed by atoms with van der Waals surface area (Å²) < 4.78 is 5.58. The largest absolute Gasteiger partial charge is 0.455 e. The summed E-state index contributed by atoms with van der Waals surface area (Å²) in [5.74, 6) is -1.26. The van der Waals surface area contributed by atoms with Gasteiger partial charge in [-0.15, -0.1) is 10.2 Å². The molecule has 10 nitrogen and oxygen atoms in total. The van der Waals surface area contributed by atoms with Crippen LogP contribution in [0.25, 0.3) is 0 Å². The highest BCUT2D eigenvalue weighted by molar-refractivity contribution is 8.01. The number of carbonyl (C=O) groups is 2. The maximum atomic E-state index is 12.0. The number of nitro groups is 1. The molecule has 31 heavy (non-hydrogen) atoms. The van der Waals surface area contributed by atoms with Gasteiger partial charge in [-0.25, -0.2) is 0 Å². The first-order valence-corrected chi connectivity index (χ1v) is 11.6. The van der Waals surface area contributed by atoms with Crippen molar-refractivity contribution in [2.75, 3.05) is 23.0 Å². The van der Waals surface area contributed by atoms with Crippen LogP contribution in [-0.4, -0.2) is 45.4 Å². The van der Waals surface area contributed by atoms with Gasteiger partial charge in [0.2, 0.25) is 5.13 Å². The van der Waals surface area contributed by atoms with E-state index in [-0.39, 0.29) is 17.1 Å². The van der Waals surface area contributed by atoms with Gasteiger partial charge in [0.1, 0.15) is 5.69 Å². The molecule has 12 heteroatoms. The van der Waals surface area contributed by atoms with Gasteiger partial charge >= 0.3 is 5.97 Å². The number of nitrogens with one attached hydrogen (secondary N) is 2. The highest BCUT2D eigenvalue weighted by Gasteiger charge is 2.18. The van der Waals surface area contributed by atoms with E-state index < -0.39 is 23.4 Å². The van der Waals surface area contributed by atoms with Crippen LogP contribution in [0.4, 0.5) is 16.5 Å². The summed E-state index contributed by atoms with van der Waals surface area (Å²) in [4.78, 5) is 34.5. The van der Waals surface area contributed by atoms with Gasteiger partial charge in [-0.05, 0) is 31.4 Å². The van der Waals surface area contributed by atoms with E-state index >= 15 is 0 Å². The van der Waals surface area contributed by atoms with Crippen molar-refractivity contribution in [3.8, 4) is 0 Å². The fraction of sp³-hybridized carbons (Fsp3) is 0.474. The number of hydrogen-bond acceptors (Lipinski definition) is 10. The second kappa shape index (κ2) is 11.0. The van der Waals surface area contributed by atoms with E-state index in [1.165, 1.54) is 54.5 Å². The Morgan fingerprint density at radius 3 is 2.81 bits per heavy atom. The van der Waals surface area contributed by atoms with Crippen molar-refractivity contribution in [3.05, 3.63) is 33.9 Å². The lowest BCUT2D eigenvalue weighted by Crippen LogP contribution is -2.22. The summed E-state index contributed by atoms with van der Waals surface area (Å²) in [5, 5.41) is 25.8. The standard InChI is InChI=1S/C19H23N5O5S2/c1-12-7-8-14(15(9-12)24(27)28)21-16(25)10-29-17(26)11-30-19-23-22-18(31-19)20-13-5-3-2-4-6-13/h7-9,13H,2-6,10-11H2,1H3,(H,20,22)(H,21,25). The number of nitrogens with zero attached hydrogens (tertiary/aromatic N) is 3. The van der Waals surface area contributed by atoms with Gasteiger partial charge in [0.25, 0.3) is 11.6 Å². The van der Waals surface area contributed by atoms with Crippen LogP contribution in [0.15, 0.2) is 22.5 Å². The summed E-state index contributed by atoms with van der Waals surface area (Å²) in [6.07, 6.45) is 5.96. The number of esters is 1. The first-order chi connectivity index (χ1) is 14.9. The number of aromatic nitrogens is 2. The lowest BCUT2D eigenvalue weighted by Gasteiger charge is -2.21. The smallest absolute Gasteiger partial charge is 0.316 e. The van der Waals surface area contributed by atoms with Crippen LogP contribution < -0.4 is 10.6 Å². The fourth-order valence-corrected chi connectivity index (χ4v) is 4.77. The number of nitro benzene ring substituents is 1. The molecule has 1 heterocycles. The highest BCUT2D eigenvalue weighted by Crippen LogP contribution is 2.28. The van der Waals surface area contributed by atoms with Crippen molar-refractivity contribution in [1.82, 2.24) is 10.2 Å². The molecule has 1 amide bonds. The Labute approximate surface area is 187 Å². The molecular weight excluding hydrogens is 442 g/mol. The van der Waals surface area contributed by atoms with Crippen LogP contribution in [0, 0.1) is 17.0 Å². The van der Waals surface area contributed by atoms with E-state index in [0.29, 0.717) is 15.9 Å². The summed E-state index contributed by atoms with van der Waals surface area (Å²) >= 11 is 2.56. The molecule has 1 aromatic heterocycles. The second-order valence-electron chi connectivity index (χ2n) is 7.13. The lowest BCUT2D eigenvalue weighted by atomic mass is 9.96. The minimum Gasteiger partial charge on any atom is -0.455 e. The molecule has 0 unspecified atom stereocenters. The van der Waals surface area contributed by atoms with Crippen LogP contribution in [0.2, 0.25) is 0 Å². The molecule has 0 bridgehead atoms. The molecule has 1 aliphatic rings. The van der Waals surface area contributed by atoms with Crippen LogP contribution >= 0.6 is 23.1 Å². The van der Waals surface area contributed by atoms with Crippen molar-refractivity contribution in [2.45, 2.75) is 49.4 Å². The molecule has 0 radical (unpaired) electrons. The number of thioether (sulfide) groups is 1.